The first-order valence-electron chi connectivity index (χ1n) is 5.73. The van der Waals surface area contributed by atoms with Crippen molar-refractivity contribution in [2.45, 2.75) is 19.4 Å². The van der Waals surface area contributed by atoms with Gasteiger partial charge in [0.05, 0.1) is 0 Å². The normalized spacial score (nSPS) is 15.0. The van der Waals surface area contributed by atoms with Crippen molar-refractivity contribution in [1.29, 1.82) is 0 Å². The third kappa shape index (κ3) is 3.23. The van der Waals surface area contributed by atoms with Gasteiger partial charge in [-0.25, -0.2) is 8.78 Å². The highest BCUT2D eigenvalue weighted by Gasteiger charge is 2.24. The molecule has 0 aliphatic carbocycles. The van der Waals surface area contributed by atoms with Gasteiger partial charge in [0.1, 0.15) is 0 Å². The van der Waals surface area contributed by atoms with Crippen molar-refractivity contribution in [3.8, 4) is 0 Å². The van der Waals surface area contributed by atoms with Crippen molar-refractivity contribution in [3.05, 3.63) is 35.4 Å². The van der Waals surface area contributed by atoms with E-state index in [1.54, 1.807) is 6.07 Å². The third-order valence-electron chi connectivity index (χ3n) is 3.05. The summed E-state index contributed by atoms with van der Waals surface area (Å²) in [6, 6.07) is 3.80. The molecule has 1 N–H and O–H groups in total. The van der Waals surface area contributed by atoms with Crippen molar-refractivity contribution >= 4 is 0 Å². The first kappa shape index (κ1) is 14.1. The molecule has 0 bridgehead atoms. The largest absolute Gasteiger partial charge is 0.396 e. The van der Waals surface area contributed by atoms with E-state index in [9.17, 15) is 13.9 Å². The van der Waals surface area contributed by atoms with Crippen molar-refractivity contribution < 1.29 is 13.9 Å². The molecule has 0 saturated carbocycles. The van der Waals surface area contributed by atoms with E-state index in [0.717, 1.165) is 12.5 Å². The topological polar surface area (TPSA) is 23.5 Å². The fraction of sp³-hybridized carbons (Fsp3) is 0.538. The smallest absolute Gasteiger partial charge is 0.159 e. The highest BCUT2D eigenvalue weighted by Crippen LogP contribution is 2.29. The Balaban J connectivity index is 3.09. The lowest BCUT2D eigenvalue weighted by Crippen LogP contribution is -2.29. The van der Waals surface area contributed by atoms with E-state index in [1.807, 2.05) is 25.9 Å². The molecule has 0 aliphatic heterocycles. The Kier molecular flexibility index (Phi) is 5.02. The number of hydrogen-bond donors (Lipinski definition) is 1. The molecule has 0 fully saturated rings. The number of nitrogens with zero attached hydrogens (tertiary/aromatic N) is 1. The van der Waals surface area contributed by atoms with Crippen LogP contribution in [0.5, 0.6) is 0 Å². The first-order chi connectivity index (χ1) is 8.01. The van der Waals surface area contributed by atoms with Crippen LogP contribution in [0.15, 0.2) is 18.2 Å². The van der Waals surface area contributed by atoms with Crippen molar-refractivity contribution in [1.82, 2.24) is 4.90 Å². The fourth-order valence-electron chi connectivity index (χ4n) is 2.14. The molecular formula is C13H19F2NO. The standard InChI is InChI=1S/C13H19F2NO/c1-4-9(8-17)13(16(2)3)10-5-6-11(14)12(15)7-10/h5-7,9,13,17H,4,8H2,1-3H3. The van der Waals surface area contributed by atoms with Crippen LogP contribution >= 0.6 is 0 Å². The van der Waals surface area contributed by atoms with Crippen LogP contribution in [0.4, 0.5) is 8.78 Å². The minimum Gasteiger partial charge on any atom is -0.396 e. The molecule has 17 heavy (non-hydrogen) atoms. The van der Waals surface area contributed by atoms with Gasteiger partial charge in [0.25, 0.3) is 0 Å². The van der Waals surface area contributed by atoms with Gasteiger partial charge in [-0.15, -0.1) is 0 Å². The monoisotopic (exact) mass is 243 g/mol. The summed E-state index contributed by atoms with van der Waals surface area (Å²) in [5.74, 6) is -1.68. The molecular weight excluding hydrogens is 224 g/mol. The zero-order valence-electron chi connectivity index (χ0n) is 10.5. The SMILES string of the molecule is CCC(CO)C(c1ccc(F)c(F)c1)N(C)C. The number of benzene rings is 1. The fourth-order valence-corrected chi connectivity index (χ4v) is 2.14. The van der Waals surface area contributed by atoms with Gasteiger partial charge >= 0.3 is 0 Å². The average Bonchev–Trinajstić information content (AvgIpc) is 2.29. The van der Waals surface area contributed by atoms with Crippen molar-refractivity contribution in [2.24, 2.45) is 5.92 Å². The van der Waals surface area contributed by atoms with Crippen LogP contribution in [0.25, 0.3) is 0 Å². The highest BCUT2D eigenvalue weighted by atomic mass is 19.2. The van der Waals surface area contributed by atoms with Crippen molar-refractivity contribution in [3.63, 3.8) is 0 Å². The maximum absolute atomic E-state index is 13.2. The highest BCUT2D eigenvalue weighted by molar-refractivity contribution is 5.22. The number of rotatable bonds is 5. The molecule has 0 aromatic heterocycles. The lowest BCUT2D eigenvalue weighted by Gasteiger charge is -2.31. The number of halogens is 2. The van der Waals surface area contributed by atoms with Crippen LogP contribution in [0.3, 0.4) is 0 Å². The van der Waals surface area contributed by atoms with Gasteiger partial charge in [0.15, 0.2) is 11.6 Å². The summed E-state index contributed by atoms with van der Waals surface area (Å²) in [7, 11) is 3.73. The molecule has 0 saturated heterocycles. The molecule has 0 radical (unpaired) electrons. The second-order valence-corrected chi connectivity index (χ2v) is 4.43. The van der Waals surface area contributed by atoms with Gasteiger partial charge < -0.3 is 10.0 Å². The Morgan fingerprint density at radius 2 is 1.88 bits per heavy atom. The van der Waals surface area contributed by atoms with Gasteiger partial charge in [-0.05, 0) is 38.2 Å². The molecule has 0 amide bonds. The summed E-state index contributed by atoms with van der Waals surface area (Å²) in [5, 5.41) is 9.34. The zero-order chi connectivity index (χ0) is 13.0. The average molecular weight is 243 g/mol. The van der Waals surface area contributed by atoms with E-state index in [-0.39, 0.29) is 18.6 Å². The van der Waals surface area contributed by atoms with Crippen molar-refractivity contribution in [2.75, 3.05) is 20.7 Å². The molecule has 2 atom stereocenters. The molecule has 1 aromatic rings. The van der Waals surface area contributed by atoms with E-state index in [4.69, 9.17) is 0 Å². The van der Waals surface area contributed by atoms with E-state index in [2.05, 4.69) is 0 Å². The molecule has 1 aromatic carbocycles. The third-order valence-corrected chi connectivity index (χ3v) is 3.05. The van der Waals surface area contributed by atoms with Crippen LogP contribution in [-0.2, 0) is 0 Å². The van der Waals surface area contributed by atoms with Gasteiger partial charge in [0.2, 0.25) is 0 Å². The molecule has 1 rings (SSSR count). The maximum Gasteiger partial charge on any atom is 0.159 e. The zero-order valence-corrected chi connectivity index (χ0v) is 10.5. The van der Waals surface area contributed by atoms with Gasteiger partial charge in [-0.2, -0.15) is 0 Å². The Labute approximate surface area is 101 Å². The summed E-state index contributed by atoms with van der Waals surface area (Å²) in [5.41, 5.74) is 0.690. The summed E-state index contributed by atoms with van der Waals surface area (Å²) in [4.78, 5) is 1.91. The van der Waals surface area contributed by atoms with E-state index in [1.165, 1.54) is 6.07 Å². The summed E-state index contributed by atoms with van der Waals surface area (Å²) in [6.45, 7) is 2.00. The number of hydrogen-bond acceptors (Lipinski definition) is 2. The second-order valence-electron chi connectivity index (χ2n) is 4.43. The van der Waals surface area contributed by atoms with E-state index < -0.39 is 11.6 Å². The summed E-state index contributed by atoms with van der Waals surface area (Å²) in [6.07, 6.45) is 0.776. The van der Waals surface area contributed by atoms with Crippen LogP contribution in [0.1, 0.15) is 24.9 Å². The Hall–Kier alpha value is -1.00. The predicted molar refractivity (Wildman–Crippen MR) is 63.7 cm³/mol. The molecule has 0 aliphatic rings. The molecule has 2 nitrogen and oxygen atoms in total. The van der Waals surface area contributed by atoms with Gasteiger partial charge in [-0.3, -0.25) is 0 Å². The van der Waals surface area contributed by atoms with Crippen LogP contribution in [-0.4, -0.2) is 30.7 Å². The Bertz CT molecular complexity index is 364. The van der Waals surface area contributed by atoms with Crippen LogP contribution in [0, 0.1) is 17.6 Å². The maximum atomic E-state index is 13.2. The molecule has 96 valence electrons. The quantitative estimate of drug-likeness (QED) is 0.859. The van der Waals surface area contributed by atoms with E-state index in [0.29, 0.717) is 5.56 Å². The van der Waals surface area contributed by atoms with Crippen LogP contribution in [0.2, 0.25) is 0 Å². The predicted octanol–water partition coefficient (Wildman–Crippen LogP) is 2.59. The lowest BCUT2D eigenvalue weighted by molar-refractivity contribution is 0.130. The molecule has 0 heterocycles. The minimum absolute atomic E-state index is 0.00913. The summed E-state index contributed by atoms with van der Waals surface area (Å²) < 4.78 is 26.1. The van der Waals surface area contributed by atoms with E-state index >= 15 is 0 Å². The molecule has 2 unspecified atom stereocenters. The second kappa shape index (κ2) is 6.07. The van der Waals surface area contributed by atoms with Gasteiger partial charge in [0, 0.05) is 18.6 Å². The Morgan fingerprint density at radius 1 is 1.24 bits per heavy atom. The Morgan fingerprint density at radius 3 is 2.29 bits per heavy atom. The molecule has 0 spiro atoms. The number of aliphatic hydroxyl groups is 1. The first-order valence-corrected chi connectivity index (χ1v) is 5.73. The van der Waals surface area contributed by atoms with Crippen LogP contribution < -0.4 is 0 Å². The number of aliphatic hydroxyl groups excluding tert-OH is 1. The minimum atomic E-state index is -0.845. The van der Waals surface area contributed by atoms with Gasteiger partial charge in [-0.1, -0.05) is 13.0 Å². The molecule has 4 heteroatoms. The summed E-state index contributed by atoms with van der Waals surface area (Å²) >= 11 is 0. The lowest BCUT2D eigenvalue weighted by atomic mass is 9.90.